The molecule has 0 bridgehead atoms. The molecule has 0 aliphatic heterocycles. The summed E-state index contributed by atoms with van der Waals surface area (Å²) in [4.78, 5) is 7.17. The summed E-state index contributed by atoms with van der Waals surface area (Å²) in [6.45, 7) is 6.47. The van der Waals surface area contributed by atoms with E-state index in [4.69, 9.17) is 0 Å². The summed E-state index contributed by atoms with van der Waals surface area (Å²) in [7, 11) is 0. The summed E-state index contributed by atoms with van der Waals surface area (Å²) in [6, 6.07) is 3.77. The van der Waals surface area contributed by atoms with Gasteiger partial charge in [0.05, 0.1) is 0 Å². The molecular formula is C18H29N3. The highest BCUT2D eigenvalue weighted by molar-refractivity contribution is 5.54. The van der Waals surface area contributed by atoms with Gasteiger partial charge >= 0.3 is 0 Å². The second-order valence-electron chi connectivity index (χ2n) is 6.69. The monoisotopic (exact) mass is 287 g/mol. The molecule has 2 saturated carbocycles. The second-order valence-corrected chi connectivity index (χ2v) is 6.69. The first-order valence-electron chi connectivity index (χ1n) is 8.73. The minimum Gasteiger partial charge on any atom is -0.368 e. The van der Waals surface area contributed by atoms with Gasteiger partial charge in [0.15, 0.2) is 0 Å². The molecule has 1 heterocycles. The van der Waals surface area contributed by atoms with E-state index in [0.717, 1.165) is 30.9 Å². The van der Waals surface area contributed by atoms with Gasteiger partial charge in [0.1, 0.15) is 0 Å². The fourth-order valence-corrected chi connectivity index (χ4v) is 3.54. The number of hydrogen-bond donors (Lipinski definition) is 1. The maximum absolute atomic E-state index is 4.53. The van der Waals surface area contributed by atoms with Gasteiger partial charge in [-0.1, -0.05) is 19.3 Å². The van der Waals surface area contributed by atoms with Crippen LogP contribution >= 0.6 is 0 Å². The van der Waals surface area contributed by atoms with E-state index in [-0.39, 0.29) is 0 Å². The molecule has 2 fully saturated rings. The van der Waals surface area contributed by atoms with Crippen molar-refractivity contribution < 1.29 is 0 Å². The molecule has 1 aromatic rings. The minimum absolute atomic E-state index is 0.727. The standard InChI is InChI=1S/C18H29N3/c1-3-21(17-7-5-4-6-8-17)18-11-14(2)19-12-15(18)13-20-16-9-10-16/h11-12,16-17,20H,3-10,13H2,1-2H3. The molecule has 3 rings (SSSR count). The Labute approximate surface area is 129 Å². The summed E-state index contributed by atoms with van der Waals surface area (Å²) in [5.74, 6) is 0. The van der Waals surface area contributed by atoms with E-state index in [1.165, 1.54) is 56.2 Å². The Hall–Kier alpha value is -1.09. The molecule has 2 aliphatic carbocycles. The van der Waals surface area contributed by atoms with Gasteiger partial charge in [0.25, 0.3) is 0 Å². The van der Waals surface area contributed by atoms with Crippen molar-refractivity contribution in [3.05, 3.63) is 23.5 Å². The Morgan fingerprint density at radius 3 is 2.62 bits per heavy atom. The van der Waals surface area contributed by atoms with Gasteiger partial charge in [-0.3, -0.25) is 4.98 Å². The predicted octanol–water partition coefficient (Wildman–Crippen LogP) is 3.80. The highest BCUT2D eigenvalue weighted by Gasteiger charge is 2.24. The van der Waals surface area contributed by atoms with Crippen LogP contribution in [0.15, 0.2) is 12.3 Å². The fourth-order valence-electron chi connectivity index (χ4n) is 3.54. The molecule has 0 saturated heterocycles. The lowest BCUT2D eigenvalue weighted by Gasteiger charge is -2.36. The molecule has 0 radical (unpaired) electrons. The quantitative estimate of drug-likeness (QED) is 0.862. The zero-order valence-electron chi connectivity index (χ0n) is 13.6. The third-order valence-corrected chi connectivity index (χ3v) is 4.92. The van der Waals surface area contributed by atoms with E-state index in [1.54, 1.807) is 0 Å². The number of hydrogen-bond acceptors (Lipinski definition) is 3. The summed E-state index contributed by atoms with van der Waals surface area (Å²) in [5, 5.41) is 3.65. The molecule has 2 aliphatic rings. The van der Waals surface area contributed by atoms with Gasteiger partial charge < -0.3 is 10.2 Å². The number of aryl methyl sites for hydroxylation is 1. The van der Waals surface area contributed by atoms with E-state index >= 15 is 0 Å². The molecule has 0 aromatic carbocycles. The topological polar surface area (TPSA) is 28.2 Å². The van der Waals surface area contributed by atoms with Crippen molar-refractivity contribution in [2.75, 3.05) is 11.4 Å². The highest BCUT2D eigenvalue weighted by Crippen LogP contribution is 2.30. The normalized spacial score (nSPS) is 19.7. The third kappa shape index (κ3) is 3.76. The van der Waals surface area contributed by atoms with Crippen LogP contribution in [-0.4, -0.2) is 23.6 Å². The van der Waals surface area contributed by atoms with Gasteiger partial charge in [0, 0.05) is 48.3 Å². The van der Waals surface area contributed by atoms with Gasteiger partial charge in [-0.25, -0.2) is 0 Å². The first-order chi connectivity index (χ1) is 10.3. The van der Waals surface area contributed by atoms with Crippen LogP contribution in [0, 0.1) is 6.92 Å². The summed E-state index contributed by atoms with van der Waals surface area (Å²) in [5.41, 5.74) is 3.93. The summed E-state index contributed by atoms with van der Waals surface area (Å²) < 4.78 is 0. The number of aromatic nitrogens is 1. The van der Waals surface area contributed by atoms with E-state index in [2.05, 4.69) is 41.3 Å². The lowest BCUT2D eigenvalue weighted by atomic mass is 9.93. The molecule has 0 amide bonds. The summed E-state index contributed by atoms with van der Waals surface area (Å²) in [6.07, 6.45) is 11.7. The molecule has 0 unspecified atom stereocenters. The molecule has 21 heavy (non-hydrogen) atoms. The zero-order valence-corrected chi connectivity index (χ0v) is 13.6. The van der Waals surface area contributed by atoms with Crippen molar-refractivity contribution in [1.82, 2.24) is 10.3 Å². The van der Waals surface area contributed by atoms with E-state index < -0.39 is 0 Å². The Morgan fingerprint density at radius 2 is 1.95 bits per heavy atom. The van der Waals surface area contributed by atoms with Gasteiger partial charge in [0.2, 0.25) is 0 Å². The molecule has 1 aromatic heterocycles. The van der Waals surface area contributed by atoms with E-state index in [9.17, 15) is 0 Å². The number of rotatable bonds is 6. The number of nitrogens with one attached hydrogen (secondary N) is 1. The zero-order chi connectivity index (χ0) is 14.7. The average Bonchev–Trinajstić information content (AvgIpc) is 3.33. The van der Waals surface area contributed by atoms with Crippen molar-refractivity contribution in [3.8, 4) is 0 Å². The van der Waals surface area contributed by atoms with Crippen LogP contribution in [0.2, 0.25) is 0 Å². The Morgan fingerprint density at radius 1 is 1.19 bits per heavy atom. The van der Waals surface area contributed by atoms with Crippen LogP contribution < -0.4 is 10.2 Å². The van der Waals surface area contributed by atoms with Crippen molar-refractivity contribution >= 4 is 5.69 Å². The van der Waals surface area contributed by atoms with Gasteiger partial charge in [-0.05, 0) is 45.6 Å². The van der Waals surface area contributed by atoms with E-state index in [1.807, 2.05) is 0 Å². The van der Waals surface area contributed by atoms with Gasteiger partial charge in [-0.15, -0.1) is 0 Å². The van der Waals surface area contributed by atoms with Crippen molar-refractivity contribution in [2.45, 2.75) is 77.4 Å². The van der Waals surface area contributed by atoms with Crippen LogP contribution in [0.3, 0.4) is 0 Å². The largest absolute Gasteiger partial charge is 0.368 e. The maximum atomic E-state index is 4.53. The maximum Gasteiger partial charge on any atom is 0.0447 e. The number of anilines is 1. The molecule has 116 valence electrons. The first-order valence-corrected chi connectivity index (χ1v) is 8.73. The van der Waals surface area contributed by atoms with E-state index in [0.29, 0.717) is 0 Å². The predicted molar refractivity (Wildman–Crippen MR) is 88.7 cm³/mol. The minimum atomic E-state index is 0.727. The highest BCUT2D eigenvalue weighted by atomic mass is 15.2. The van der Waals surface area contributed by atoms with Crippen LogP contribution in [0.1, 0.15) is 63.1 Å². The van der Waals surface area contributed by atoms with Crippen molar-refractivity contribution in [3.63, 3.8) is 0 Å². The number of pyridine rings is 1. The van der Waals surface area contributed by atoms with Crippen LogP contribution in [0.25, 0.3) is 0 Å². The lowest BCUT2D eigenvalue weighted by Crippen LogP contribution is -2.37. The molecular weight excluding hydrogens is 258 g/mol. The Balaban J connectivity index is 1.80. The molecule has 1 N–H and O–H groups in total. The average molecular weight is 287 g/mol. The Bertz CT molecular complexity index is 462. The molecule has 3 nitrogen and oxygen atoms in total. The van der Waals surface area contributed by atoms with Crippen molar-refractivity contribution in [1.29, 1.82) is 0 Å². The lowest BCUT2D eigenvalue weighted by molar-refractivity contribution is 0.417. The van der Waals surface area contributed by atoms with Crippen LogP contribution in [-0.2, 0) is 6.54 Å². The smallest absolute Gasteiger partial charge is 0.0447 e. The second kappa shape index (κ2) is 6.78. The van der Waals surface area contributed by atoms with Crippen LogP contribution in [0.4, 0.5) is 5.69 Å². The number of nitrogens with zero attached hydrogens (tertiary/aromatic N) is 2. The molecule has 0 spiro atoms. The van der Waals surface area contributed by atoms with Crippen LogP contribution in [0.5, 0.6) is 0 Å². The molecule has 0 atom stereocenters. The first kappa shape index (κ1) is 14.8. The molecule has 3 heteroatoms. The Kier molecular flexibility index (Phi) is 4.79. The van der Waals surface area contributed by atoms with Gasteiger partial charge in [-0.2, -0.15) is 0 Å². The van der Waals surface area contributed by atoms with Crippen molar-refractivity contribution in [2.24, 2.45) is 0 Å². The fraction of sp³-hybridized carbons (Fsp3) is 0.722. The SMILES string of the molecule is CCN(c1cc(C)ncc1CNC1CC1)C1CCCCC1. The third-order valence-electron chi connectivity index (χ3n) is 4.92. The summed E-state index contributed by atoms with van der Waals surface area (Å²) >= 11 is 0.